The highest BCUT2D eigenvalue weighted by atomic mass is 19.1. The zero-order valence-electron chi connectivity index (χ0n) is 13.7. The van der Waals surface area contributed by atoms with Crippen LogP contribution in [0.3, 0.4) is 0 Å². The quantitative estimate of drug-likeness (QED) is 0.666. The van der Waals surface area contributed by atoms with Gasteiger partial charge in [0.25, 0.3) is 5.56 Å². The molecule has 7 heteroatoms. The predicted molar refractivity (Wildman–Crippen MR) is 89.8 cm³/mol. The van der Waals surface area contributed by atoms with E-state index in [0.717, 1.165) is 0 Å². The molecule has 0 fully saturated rings. The first kappa shape index (κ1) is 16.6. The van der Waals surface area contributed by atoms with Crippen molar-refractivity contribution in [1.29, 1.82) is 0 Å². The lowest BCUT2D eigenvalue weighted by Gasteiger charge is -2.11. The van der Waals surface area contributed by atoms with Gasteiger partial charge in [0.1, 0.15) is 17.3 Å². The second-order valence-corrected chi connectivity index (χ2v) is 5.33. The number of nitrogens with zero attached hydrogens (tertiary/aromatic N) is 2. The van der Waals surface area contributed by atoms with Crippen molar-refractivity contribution in [1.82, 2.24) is 9.55 Å². The highest BCUT2D eigenvalue weighted by molar-refractivity contribution is 5.98. The molecule has 0 aliphatic carbocycles. The minimum absolute atomic E-state index is 0.207. The number of Topliss-reactive ketones (excluding diaryl/α,β-unsaturated/α-hetero) is 1. The number of aromatic nitrogens is 2. The van der Waals surface area contributed by atoms with Crippen molar-refractivity contribution in [3.05, 3.63) is 64.5 Å². The lowest BCUT2D eigenvalue weighted by Crippen LogP contribution is -2.25. The number of fused-ring (bicyclic) bond motifs is 1. The largest absolute Gasteiger partial charge is 0.497 e. The topological polar surface area (TPSA) is 70.4 Å². The molecule has 2 aromatic carbocycles. The maximum atomic E-state index is 13.2. The number of benzene rings is 2. The van der Waals surface area contributed by atoms with Crippen LogP contribution in [0, 0.1) is 5.82 Å². The molecule has 0 unspecified atom stereocenters. The third-order valence-corrected chi connectivity index (χ3v) is 3.81. The molecule has 0 aliphatic heterocycles. The van der Waals surface area contributed by atoms with Crippen LogP contribution in [-0.2, 0) is 6.54 Å². The average Bonchev–Trinajstić information content (AvgIpc) is 2.63. The van der Waals surface area contributed by atoms with Crippen molar-refractivity contribution in [3.63, 3.8) is 0 Å². The third-order valence-electron chi connectivity index (χ3n) is 3.81. The van der Waals surface area contributed by atoms with E-state index in [1.165, 1.54) is 43.3 Å². The molecule has 0 radical (unpaired) electrons. The normalized spacial score (nSPS) is 10.7. The summed E-state index contributed by atoms with van der Waals surface area (Å²) < 4.78 is 24.7. The lowest BCUT2D eigenvalue weighted by molar-refractivity contribution is 0.0967. The summed E-state index contributed by atoms with van der Waals surface area (Å²) in [6.45, 7) is -0.207. The molecule has 25 heavy (non-hydrogen) atoms. The minimum Gasteiger partial charge on any atom is -0.497 e. The Kier molecular flexibility index (Phi) is 4.47. The van der Waals surface area contributed by atoms with Gasteiger partial charge in [-0.15, -0.1) is 0 Å². The number of hydrogen-bond acceptors (Lipinski definition) is 5. The van der Waals surface area contributed by atoms with Gasteiger partial charge < -0.3 is 9.47 Å². The average molecular weight is 342 g/mol. The first-order chi connectivity index (χ1) is 12.0. The summed E-state index contributed by atoms with van der Waals surface area (Å²) in [5, 5.41) is 0.249. The number of rotatable bonds is 5. The molecule has 0 atom stereocenters. The summed E-state index contributed by atoms with van der Waals surface area (Å²) in [6, 6.07) is 8.53. The van der Waals surface area contributed by atoms with Crippen molar-refractivity contribution in [2.24, 2.45) is 0 Å². The zero-order valence-corrected chi connectivity index (χ0v) is 13.7. The van der Waals surface area contributed by atoms with Gasteiger partial charge in [0, 0.05) is 12.1 Å². The van der Waals surface area contributed by atoms with Crippen molar-refractivity contribution >= 4 is 16.7 Å². The Hall–Kier alpha value is -3.22. The number of carbonyl (C=O) groups is 1. The number of halogens is 1. The first-order valence-corrected chi connectivity index (χ1v) is 7.43. The molecule has 0 N–H and O–H groups in total. The first-order valence-electron chi connectivity index (χ1n) is 7.43. The monoisotopic (exact) mass is 342 g/mol. The van der Waals surface area contributed by atoms with Crippen molar-refractivity contribution in [3.8, 4) is 11.5 Å². The molecule has 0 spiro atoms. The standard InChI is InChI=1S/C18H15FN2O4/c1-24-12-4-6-14(17(8-12)25-2)16(22)9-21-10-20-15-7-11(19)3-5-13(15)18(21)23/h3-8,10H,9H2,1-2H3. The summed E-state index contributed by atoms with van der Waals surface area (Å²) in [7, 11) is 2.96. The summed E-state index contributed by atoms with van der Waals surface area (Å²) in [6.07, 6.45) is 1.23. The second kappa shape index (κ2) is 6.72. The minimum atomic E-state index is -0.476. The highest BCUT2D eigenvalue weighted by Crippen LogP contribution is 2.25. The van der Waals surface area contributed by atoms with Crippen molar-refractivity contribution in [2.75, 3.05) is 14.2 Å². The molecule has 128 valence electrons. The van der Waals surface area contributed by atoms with E-state index < -0.39 is 11.4 Å². The Morgan fingerprint density at radius 2 is 1.96 bits per heavy atom. The number of hydrogen-bond donors (Lipinski definition) is 0. The van der Waals surface area contributed by atoms with Crippen LogP contribution in [0.2, 0.25) is 0 Å². The number of methoxy groups -OCH3 is 2. The summed E-state index contributed by atoms with van der Waals surface area (Å²) >= 11 is 0. The van der Waals surface area contributed by atoms with E-state index in [9.17, 15) is 14.0 Å². The summed E-state index contributed by atoms with van der Waals surface area (Å²) in [5.74, 6) is 0.120. The molecular formula is C18H15FN2O4. The fourth-order valence-electron chi connectivity index (χ4n) is 2.51. The molecule has 1 heterocycles. The van der Waals surface area contributed by atoms with Crippen LogP contribution in [0.5, 0.6) is 11.5 Å². The predicted octanol–water partition coefficient (Wildman–Crippen LogP) is 2.44. The van der Waals surface area contributed by atoms with Gasteiger partial charge in [0.05, 0.1) is 43.6 Å². The number of carbonyl (C=O) groups excluding carboxylic acids is 1. The zero-order chi connectivity index (χ0) is 18.0. The van der Waals surface area contributed by atoms with Crippen LogP contribution >= 0.6 is 0 Å². The Labute approximate surface area is 142 Å². The van der Waals surface area contributed by atoms with Gasteiger partial charge in [-0.2, -0.15) is 0 Å². The summed E-state index contributed by atoms with van der Waals surface area (Å²) in [4.78, 5) is 29.1. The number of ether oxygens (including phenoxy) is 2. The van der Waals surface area contributed by atoms with Gasteiger partial charge in [-0.25, -0.2) is 9.37 Å². The molecule has 0 saturated carbocycles. The maximum Gasteiger partial charge on any atom is 0.261 e. The van der Waals surface area contributed by atoms with E-state index in [0.29, 0.717) is 17.1 Å². The SMILES string of the molecule is COc1ccc(C(=O)Cn2cnc3cc(F)ccc3c2=O)c(OC)c1. The van der Waals surface area contributed by atoms with Crippen LogP contribution in [0.25, 0.3) is 10.9 Å². The molecular weight excluding hydrogens is 327 g/mol. The van der Waals surface area contributed by atoms with E-state index in [1.807, 2.05) is 0 Å². The van der Waals surface area contributed by atoms with Crippen LogP contribution in [0.4, 0.5) is 4.39 Å². The Morgan fingerprint density at radius 1 is 1.16 bits per heavy atom. The van der Waals surface area contributed by atoms with E-state index in [-0.39, 0.29) is 23.2 Å². The molecule has 3 rings (SSSR count). The van der Waals surface area contributed by atoms with Gasteiger partial charge >= 0.3 is 0 Å². The molecule has 6 nitrogen and oxygen atoms in total. The second-order valence-electron chi connectivity index (χ2n) is 5.33. The maximum absolute atomic E-state index is 13.2. The van der Waals surface area contributed by atoms with Crippen LogP contribution < -0.4 is 15.0 Å². The fraction of sp³-hybridized carbons (Fsp3) is 0.167. The number of ketones is 1. The fourth-order valence-corrected chi connectivity index (χ4v) is 2.51. The van der Waals surface area contributed by atoms with Crippen molar-refractivity contribution < 1.29 is 18.7 Å². The highest BCUT2D eigenvalue weighted by Gasteiger charge is 2.15. The van der Waals surface area contributed by atoms with Crippen LogP contribution in [0.15, 0.2) is 47.5 Å². The molecule has 3 aromatic rings. The van der Waals surface area contributed by atoms with E-state index in [1.54, 1.807) is 18.2 Å². The Balaban J connectivity index is 1.96. The molecule has 0 bridgehead atoms. The molecule has 0 amide bonds. The van der Waals surface area contributed by atoms with Gasteiger partial charge in [-0.1, -0.05) is 0 Å². The van der Waals surface area contributed by atoms with E-state index in [2.05, 4.69) is 4.98 Å². The molecule has 0 saturated heterocycles. The van der Waals surface area contributed by atoms with Crippen molar-refractivity contribution in [2.45, 2.75) is 6.54 Å². The smallest absolute Gasteiger partial charge is 0.261 e. The Bertz CT molecular complexity index is 1010. The van der Waals surface area contributed by atoms with Gasteiger partial charge in [0.15, 0.2) is 5.78 Å². The summed E-state index contributed by atoms with van der Waals surface area (Å²) in [5.41, 5.74) is 0.163. The van der Waals surface area contributed by atoms with Gasteiger partial charge in [0.2, 0.25) is 0 Å². The van der Waals surface area contributed by atoms with Gasteiger partial charge in [-0.05, 0) is 24.3 Å². The van der Waals surface area contributed by atoms with Crippen LogP contribution in [0.1, 0.15) is 10.4 Å². The van der Waals surface area contributed by atoms with Gasteiger partial charge in [-0.3, -0.25) is 14.2 Å². The molecule has 0 aliphatic rings. The third kappa shape index (κ3) is 3.21. The van der Waals surface area contributed by atoms with Crippen LogP contribution in [-0.4, -0.2) is 29.6 Å². The van der Waals surface area contributed by atoms with E-state index in [4.69, 9.17) is 9.47 Å². The molecule has 1 aromatic heterocycles. The van der Waals surface area contributed by atoms with E-state index >= 15 is 0 Å². The lowest BCUT2D eigenvalue weighted by atomic mass is 10.1. The Morgan fingerprint density at radius 3 is 2.68 bits per heavy atom.